The molecular formula is C11H20O5. The molecule has 0 aromatic rings. The fourth-order valence-electron chi connectivity index (χ4n) is 2.76. The molecule has 0 radical (unpaired) electrons. The predicted molar refractivity (Wildman–Crippen MR) is 55.3 cm³/mol. The molecule has 0 aromatic heterocycles. The van der Waals surface area contributed by atoms with Crippen LogP contribution in [-0.2, 0) is 4.74 Å². The molecule has 2 atom stereocenters. The standard InChI is InChI=1S/C11H20O5/c12-9-7-16-11(15,10(9,13)14)8-5-3-1-2-4-6-8/h8-9,12-15H,1-7H2. The van der Waals surface area contributed by atoms with Gasteiger partial charge in [-0.05, 0) is 12.8 Å². The van der Waals surface area contributed by atoms with Crippen molar-refractivity contribution in [1.82, 2.24) is 0 Å². The van der Waals surface area contributed by atoms with Crippen molar-refractivity contribution in [3.63, 3.8) is 0 Å². The van der Waals surface area contributed by atoms with E-state index in [9.17, 15) is 20.4 Å². The summed E-state index contributed by atoms with van der Waals surface area (Å²) in [5.74, 6) is -4.89. The molecule has 2 unspecified atom stereocenters. The molecule has 0 spiro atoms. The molecule has 0 bridgehead atoms. The predicted octanol–water partition coefficient (Wildman–Crippen LogP) is -0.283. The fraction of sp³-hybridized carbons (Fsp3) is 1.00. The lowest BCUT2D eigenvalue weighted by Crippen LogP contribution is -2.60. The summed E-state index contributed by atoms with van der Waals surface area (Å²) in [6.07, 6.45) is 4.04. The summed E-state index contributed by atoms with van der Waals surface area (Å²) in [5, 5.41) is 39.2. The molecule has 4 N–H and O–H groups in total. The minimum atomic E-state index is -2.55. The van der Waals surface area contributed by atoms with E-state index in [1.807, 2.05) is 0 Å². The summed E-state index contributed by atoms with van der Waals surface area (Å²) < 4.78 is 5.07. The first kappa shape index (κ1) is 12.3. The molecule has 0 amide bonds. The van der Waals surface area contributed by atoms with Crippen molar-refractivity contribution in [1.29, 1.82) is 0 Å². The number of aliphatic hydroxyl groups excluding tert-OH is 1. The highest BCUT2D eigenvalue weighted by Crippen LogP contribution is 2.43. The van der Waals surface area contributed by atoms with E-state index in [2.05, 4.69) is 0 Å². The van der Waals surface area contributed by atoms with Crippen LogP contribution in [0.15, 0.2) is 0 Å². The molecule has 16 heavy (non-hydrogen) atoms. The maximum atomic E-state index is 10.3. The zero-order chi connectivity index (χ0) is 11.8. The van der Waals surface area contributed by atoms with E-state index in [1.54, 1.807) is 0 Å². The van der Waals surface area contributed by atoms with Gasteiger partial charge in [0.15, 0.2) is 0 Å². The quantitative estimate of drug-likeness (QED) is 0.369. The Labute approximate surface area is 94.7 Å². The summed E-state index contributed by atoms with van der Waals surface area (Å²) in [6, 6.07) is 0. The Hall–Kier alpha value is -0.200. The number of aliphatic hydroxyl groups is 4. The van der Waals surface area contributed by atoms with Crippen molar-refractivity contribution in [2.75, 3.05) is 6.61 Å². The molecule has 2 aliphatic rings. The minimum absolute atomic E-state index is 0.236. The second-order valence-electron chi connectivity index (χ2n) is 4.94. The van der Waals surface area contributed by atoms with E-state index < -0.39 is 17.7 Å². The summed E-state index contributed by atoms with van der Waals surface area (Å²) >= 11 is 0. The molecule has 1 saturated heterocycles. The van der Waals surface area contributed by atoms with E-state index in [-0.39, 0.29) is 12.5 Å². The van der Waals surface area contributed by atoms with E-state index in [0.29, 0.717) is 12.8 Å². The maximum absolute atomic E-state index is 10.3. The minimum Gasteiger partial charge on any atom is -0.385 e. The van der Waals surface area contributed by atoms with E-state index in [4.69, 9.17) is 4.74 Å². The molecule has 1 aliphatic carbocycles. The van der Waals surface area contributed by atoms with Crippen LogP contribution in [-0.4, -0.2) is 44.7 Å². The lowest BCUT2D eigenvalue weighted by molar-refractivity contribution is -0.363. The smallest absolute Gasteiger partial charge is 0.248 e. The van der Waals surface area contributed by atoms with Gasteiger partial charge in [0, 0.05) is 5.92 Å². The third kappa shape index (κ3) is 1.76. The monoisotopic (exact) mass is 232 g/mol. The van der Waals surface area contributed by atoms with E-state index >= 15 is 0 Å². The molecule has 94 valence electrons. The molecule has 2 fully saturated rings. The summed E-state index contributed by atoms with van der Waals surface area (Å²) in [7, 11) is 0. The van der Waals surface area contributed by atoms with Crippen LogP contribution < -0.4 is 0 Å². The van der Waals surface area contributed by atoms with Gasteiger partial charge in [-0.1, -0.05) is 25.7 Å². The van der Waals surface area contributed by atoms with Gasteiger partial charge >= 0.3 is 0 Å². The molecule has 1 saturated carbocycles. The first-order valence-electron chi connectivity index (χ1n) is 5.97. The number of rotatable bonds is 1. The van der Waals surface area contributed by atoms with Crippen molar-refractivity contribution in [3.8, 4) is 0 Å². The van der Waals surface area contributed by atoms with Gasteiger partial charge in [-0.2, -0.15) is 0 Å². The Balaban J connectivity index is 2.17. The van der Waals surface area contributed by atoms with Gasteiger partial charge in [-0.25, -0.2) is 0 Å². The van der Waals surface area contributed by atoms with E-state index in [0.717, 1.165) is 25.7 Å². The van der Waals surface area contributed by atoms with Gasteiger partial charge in [0.1, 0.15) is 6.10 Å². The highest BCUT2D eigenvalue weighted by molar-refractivity contribution is 4.99. The Bertz CT molecular complexity index is 247. The van der Waals surface area contributed by atoms with Gasteiger partial charge in [0.05, 0.1) is 6.61 Å². The topological polar surface area (TPSA) is 90.2 Å². The van der Waals surface area contributed by atoms with Crippen molar-refractivity contribution >= 4 is 0 Å². The van der Waals surface area contributed by atoms with E-state index in [1.165, 1.54) is 0 Å². The van der Waals surface area contributed by atoms with Crippen LogP contribution in [0, 0.1) is 5.92 Å². The molecule has 1 heterocycles. The fourth-order valence-corrected chi connectivity index (χ4v) is 2.76. The average Bonchev–Trinajstić information content (AvgIpc) is 2.52. The number of hydrogen-bond acceptors (Lipinski definition) is 5. The average molecular weight is 232 g/mol. The van der Waals surface area contributed by atoms with Crippen molar-refractivity contribution in [3.05, 3.63) is 0 Å². The Morgan fingerprint density at radius 3 is 1.94 bits per heavy atom. The SMILES string of the molecule is OC1COC(O)(C2CCCCCC2)C1(O)O. The highest BCUT2D eigenvalue weighted by Gasteiger charge is 2.63. The van der Waals surface area contributed by atoms with Crippen LogP contribution in [0.25, 0.3) is 0 Å². The third-order valence-electron chi connectivity index (χ3n) is 3.86. The Morgan fingerprint density at radius 1 is 0.938 bits per heavy atom. The van der Waals surface area contributed by atoms with Crippen LogP contribution >= 0.6 is 0 Å². The second kappa shape index (κ2) is 4.23. The van der Waals surface area contributed by atoms with Gasteiger partial charge in [0.2, 0.25) is 11.6 Å². The second-order valence-corrected chi connectivity index (χ2v) is 4.94. The van der Waals surface area contributed by atoms with Gasteiger partial charge < -0.3 is 25.2 Å². The van der Waals surface area contributed by atoms with Gasteiger partial charge in [-0.3, -0.25) is 0 Å². The lowest BCUT2D eigenvalue weighted by Gasteiger charge is -2.38. The Morgan fingerprint density at radius 2 is 1.50 bits per heavy atom. The molecule has 5 heteroatoms. The first-order chi connectivity index (χ1) is 7.48. The lowest BCUT2D eigenvalue weighted by atomic mass is 9.84. The summed E-state index contributed by atoms with van der Waals surface area (Å²) in [6.45, 7) is -0.236. The molecule has 1 aliphatic heterocycles. The molecule has 2 rings (SSSR count). The zero-order valence-electron chi connectivity index (χ0n) is 9.30. The normalized spacial score (nSPS) is 40.9. The Kier molecular flexibility index (Phi) is 3.25. The molecule has 0 aromatic carbocycles. The van der Waals surface area contributed by atoms with Crippen molar-refractivity contribution in [2.24, 2.45) is 5.92 Å². The zero-order valence-corrected chi connectivity index (χ0v) is 9.30. The summed E-state index contributed by atoms with van der Waals surface area (Å²) in [4.78, 5) is 0. The molecular weight excluding hydrogens is 212 g/mol. The maximum Gasteiger partial charge on any atom is 0.248 e. The third-order valence-corrected chi connectivity index (χ3v) is 3.86. The van der Waals surface area contributed by atoms with Crippen LogP contribution in [0.1, 0.15) is 38.5 Å². The van der Waals surface area contributed by atoms with Crippen LogP contribution in [0.2, 0.25) is 0 Å². The van der Waals surface area contributed by atoms with Gasteiger partial charge in [0.25, 0.3) is 0 Å². The largest absolute Gasteiger partial charge is 0.385 e. The van der Waals surface area contributed by atoms with Crippen LogP contribution in [0.4, 0.5) is 0 Å². The number of ether oxygens (including phenoxy) is 1. The van der Waals surface area contributed by atoms with Crippen LogP contribution in [0.5, 0.6) is 0 Å². The number of hydrogen-bond donors (Lipinski definition) is 4. The summed E-state index contributed by atoms with van der Waals surface area (Å²) in [5.41, 5.74) is 0. The highest BCUT2D eigenvalue weighted by atomic mass is 16.7. The van der Waals surface area contributed by atoms with Crippen molar-refractivity contribution in [2.45, 2.75) is 56.2 Å². The van der Waals surface area contributed by atoms with Crippen molar-refractivity contribution < 1.29 is 25.2 Å². The van der Waals surface area contributed by atoms with Gasteiger partial charge in [-0.15, -0.1) is 0 Å². The first-order valence-corrected chi connectivity index (χ1v) is 5.97. The van der Waals surface area contributed by atoms with Crippen LogP contribution in [0.3, 0.4) is 0 Å². The molecule has 5 nitrogen and oxygen atoms in total.